The molecule has 0 aliphatic heterocycles. The van der Waals surface area contributed by atoms with E-state index in [4.69, 9.17) is 10.00 Å². The van der Waals surface area contributed by atoms with Gasteiger partial charge < -0.3 is 4.74 Å². The average molecular weight is 193 g/mol. The molecule has 0 saturated carbocycles. The summed E-state index contributed by atoms with van der Waals surface area (Å²) in [5.41, 5.74) is 1.26. The number of hydrogen-bond acceptors (Lipinski definition) is 2. The third-order valence-corrected chi connectivity index (χ3v) is 1.26. The molecule has 0 radical (unpaired) electrons. The molecule has 0 saturated heterocycles. The minimum absolute atomic E-state index is 0.917. The van der Waals surface area contributed by atoms with E-state index in [0.29, 0.717) is 0 Å². The minimum atomic E-state index is 0.917. The Hall–Kier alpha value is -1.49. The molecule has 0 fully saturated rings. The van der Waals surface area contributed by atoms with Crippen LogP contribution in [0.5, 0.6) is 5.75 Å². The van der Waals surface area contributed by atoms with Crippen molar-refractivity contribution >= 4 is 0 Å². The fourth-order valence-corrected chi connectivity index (χ4v) is 0.674. The predicted molar refractivity (Wildman–Crippen MR) is 60.4 cm³/mol. The van der Waals surface area contributed by atoms with Gasteiger partial charge >= 0.3 is 0 Å². The minimum Gasteiger partial charge on any atom is -0.497 e. The van der Waals surface area contributed by atoms with E-state index < -0.39 is 0 Å². The maximum Gasteiger partial charge on any atom is 0.118 e. The SMILES string of the molecule is CC.CC#N.COc1ccc(C)cc1. The number of nitriles is 1. The van der Waals surface area contributed by atoms with Crippen LogP contribution in [0.2, 0.25) is 0 Å². The number of nitrogens with zero attached hydrogens (tertiary/aromatic N) is 1. The highest BCUT2D eigenvalue weighted by Gasteiger charge is 1.85. The molecule has 0 bridgehead atoms. The summed E-state index contributed by atoms with van der Waals surface area (Å²) in [6.45, 7) is 7.49. The molecule has 2 heteroatoms. The van der Waals surface area contributed by atoms with Crippen molar-refractivity contribution in [2.75, 3.05) is 7.11 Å². The normalized spacial score (nSPS) is 6.86. The number of hydrogen-bond donors (Lipinski definition) is 0. The van der Waals surface area contributed by atoms with E-state index in [-0.39, 0.29) is 0 Å². The van der Waals surface area contributed by atoms with Gasteiger partial charge in [-0.25, -0.2) is 0 Å². The van der Waals surface area contributed by atoms with Gasteiger partial charge in [0.15, 0.2) is 0 Å². The standard InChI is InChI=1S/C8H10O.C2H3N.C2H6/c1-7-3-5-8(9-2)6-4-7;1-2-3;1-2/h3-6H,1-2H3;1H3;1-2H3. The van der Waals surface area contributed by atoms with Crippen molar-refractivity contribution < 1.29 is 4.74 Å². The second-order valence-corrected chi connectivity index (χ2v) is 2.24. The van der Waals surface area contributed by atoms with Crippen molar-refractivity contribution in [3.63, 3.8) is 0 Å². The van der Waals surface area contributed by atoms with Crippen LogP contribution in [0.25, 0.3) is 0 Å². The van der Waals surface area contributed by atoms with Crippen LogP contribution in [0.15, 0.2) is 24.3 Å². The number of rotatable bonds is 1. The van der Waals surface area contributed by atoms with Crippen LogP contribution in [0.3, 0.4) is 0 Å². The first kappa shape index (κ1) is 15.0. The highest BCUT2D eigenvalue weighted by atomic mass is 16.5. The van der Waals surface area contributed by atoms with Crippen molar-refractivity contribution in [2.24, 2.45) is 0 Å². The number of benzene rings is 1. The van der Waals surface area contributed by atoms with Gasteiger partial charge in [-0.2, -0.15) is 5.26 Å². The lowest BCUT2D eigenvalue weighted by molar-refractivity contribution is 0.414. The second-order valence-electron chi connectivity index (χ2n) is 2.24. The Morgan fingerprint density at radius 3 is 1.79 bits per heavy atom. The highest BCUT2D eigenvalue weighted by Crippen LogP contribution is 2.09. The Kier molecular flexibility index (Phi) is 12.3. The van der Waals surface area contributed by atoms with Crippen LogP contribution in [-0.2, 0) is 0 Å². The summed E-state index contributed by atoms with van der Waals surface area (Å²) in [5.74, 6) is 0.917. The molecular weight excluding hydrogens is 174 g/mol. The van der Waals surface area contributed by atoms with E-state index >= 15 is 0 Å². The summed E-state index contributed by atoms with van der Waals surface area (Å²) in [6, 6.07) is 9.71. The van der Waals surface area contributed by atoms with E-state index in [1.165, 1.54) is 12.5 Å². The van der Waals surface area contributed by atoms with Crippen LogP contribution >= 0.6 is 0 Å². The summed E-state index contributed by atoms with van der Waals surface area (Å²) in [5, 5.41) is 7.32. The lowest BCUT2D eigenvalue weighted by Crippen LogP contribution is -1.80. The zero-order chi connectivity index (χ0) is 11.4. The van der Waals surface area contributed by atoms with Gasteiger partial charge in [0.2, 0.25) is 0 Å². The van der Waals surface area contributed by atoms with E-state index in [1.54, 1.807) is 13.2 Å². The molecule has 0 aliphatic carbocycles. The van der Waals surface area contributed by atoms with Gasteiger partial charge in [0.1, 0.15) is 5.75 Å². The summed E-state index contributed by atoms with van der Waals surface area (Å²) in [4.78, 5) is 0. The Morgan fingerprint density at radius 2 is 1.50 bits per heavy atom. The third kappa shape index (κ3) is 8.61. The maximum absolute atomic E-state index is 7.32. The van der Waals surface area contributed by atoms with Crippen molar-refractivity contribution in [1.29, 1.82) is 5.26 Å². The first-order valence-corrected chi connectivity index (χ1v) is 4.66. The number of methoxy groups -OCH3 is 1. The van der Waals surface area contributed by atoms with Crippen LogP contribution in [0.1, 0.15) is 26.3 Å². The van der Waals surface area contributed by atoms with Crippen LogP contribution in [-0.4, -0.2) is 7.11 Å². The van der Waals surface area contributed by atoms with Gasteiger partial charge in [0.05, 0.1) is 13.2 Å². The molecule has 1 rings (SSSR count). The number of aryl methyl sites for hydroxylation is 1. The van der Waals surface area contributed by atoms with Gasteiger partial charge in [0, 0.05) is 6.92 Å². The van der Waals surface area contributed by atoms with Crippen molar-refractivity contribution in [2.45, 2.75) is 27.7 Å². The van der Waals surface area contributed by atoms with Crippen molar-refractivity contribution in [1.82, 2.24) is 0 Å². The Labute approximate surface area is 87.1 Å². The quantitative estimate of drug-likeness (QED) is 0.683. The molecule has 1 aromatic carbocycles. The van der Waals surface area contributed by atoms with Gasteiger partial charge in [0.25, 0.3) is 0 Å². The molecule has 1 aromatic rings. The van der Waals surface area contributed by atoms with Gasteiger partial charge in [-0.05, 0) is 19.1 Å². The van der Waals surface area contributed by atoms with E-state index in [9.17, 15) is 0 Å². The molecule has 78 valence electrons. The summed E-state index contributed by atoms with van der Waals surface area (Å²) >= 11 is 0. The predicted octanol–water partition coefficient (Wildman–Crippen LogP) is 3.56. The third-order valence-electron chi connectivity index (χ3n) is 1.26. The molecule has 0 aromatic heterocycles. The maximum atomic E-state index is 7.32. The van der Waals surface area contributed by atoms with Gasteiger partial charge in [-0.15, -0.1) is 0 Å². The van der Waals surface area contributed by atoms with E-state index in [0.717, 1.165) is 5.75 Å². The Bertz CT molecular complexity index is 246. The zero-order valence-electron chi connectivity index (χ0n) is 9.66. The molecule has 0 amide bonds. The van der Waals surface area contributed by atoms with Crippen LogP contribution in [0, 0.1) is 18.3 Å². The van der Waals surface area contributed by atoms with E-state index in [1.807, 2.05) is 38.1 Å². The second kappa shape index (κ2) is 11.5. The molecule has 0 spiro atoms. The molecule has 0 aliphatic rings. The fourth-order valence-electron chi connectivity index (χ4n) is 0.674. The van der Waals surface area contributed by atoms with Crippen molar-refractivity contribution in [3.8, 4) is 11.8 Å². The average Bonchev–Trinajstić information content (AvgIpc) is 2.23. The smallest absolute Gasteiger partial charge is 0.118 e. The lowest BCUT2D eigenvalue weighted by Gasteiger charge is -1.97. The summed E-state index contributed by atoms with van der Waals surface area (Å²) < 4.78 is 4.97. The zero-order valence-corrected chi connectivity index (χ0v) is 9.66. The fraction of sp³-hybridized carbons (Fsp3) is 0.417. The molecule has 14 heavy (non-hydrogen) atoms. The highest BCUT2D eigenvalue weighted by molar-refractivity contribution is 5.25. The Morgan fingerprint density at radius 1 is 1.14 bits per heavy atom. The summed E-state index contributed by atoms with van der Waals surface area (Å²) in [6.07, 6.45) is 0. The molecule has 0 N–H and O–H groups in total. The molecule has 0 atom stereocenters. The summed E-state index contributed by atoms with van der Waals surface area (Å²) in [7, 11) is 1.67. The first-order valence-electron chi connectivity index (χ1n) is 4.66. The molecule has 0 heterocycles. The lowest BCUT2D eigenvalue weighted by atomic mass is 10.2. The molecular formula is C12H19NO. The molecule has 2 nitrogen and oxygen atoms in total. The van der Waals surface area contributed by atoms with Crippen LogP contribution in [0.4, 0.5) is 0 Å². The van der Waals surface area contributed by atoms with Gasteiger partial charge in [-0.1, -0.05) is 31.5 Å². The largest absolute Gasteiger partial charge is 0.497 e. The van der Waals surface area contributed by atoms with Gasteiger partial charge in [-0.3, -0.25) is 0 Å². The molecule has 0 unspecified atom stereocenters. The van der Waals surface area contributed by atoms with Crippen LogP contribution < -0.4 is 4.74 Å². The van der Waals surface area contributed by atoms with Crippen molar-refractivity contribution in [3.05, 3.63) is 29.8 Å². The monoisotopic (exact) mass is 193 g/mol. The topological polar surface area (TPSA) is 33.0 Å². The van der Waals surface area contributed by atoms with E-state index in [2.05, 4.69) is 6.92 Å². The number of ether oxygens (including phenoxy) is 1. The Balaban J connectivity index is 0. The first-order chi connectivity index (χ1) is 6.74.